The van der Waals surface area contributed by atoms with Crippen molar-refractivity contribution in [3.63, 3.8) is 0 Å². The summed E-state index contributed by atoms with van der Waals surface area (Å²) in [5.41, 5.74) is 3.36. The third-order valence-electron chi connectivity index (χ3n) is 5.84. The molecule has 1 saturated carbocycles. The van der Waals surface area contributed by atoms with Crippen LogP contribution in [-0.4, -0.2) is 33.1 Å². The standard InChI is InChI=1S/C22H27N3O3S/c1-13-14(2)25(17-7-5-4-6-8-17)22(23-13)29-15(3)21(27)16-9-10-19-18(11-16)24-20(26)12-28-19/h9-11,15,17H,4-8,12H2,1-3H3,(H,24,26). The summed E-state index contributed by atoms with van der Waals surface area (Å²) < 4.78 is 7.73. The van der Waals surface area contributed by atoms with Gasteiger partial charge in [0.1, 0.15) is 5.75 Å². The number of imidazole rings is 1. The van der Waals surface area contributed by atoms with Crippen molar-refractivity contribution in [2.45, 2.75) is 69.3 Å². The number of hydrogen-bond acceptors (Lipinski definition) is 5. The van der Waals surface area contributed by atoms with Gasteiger partial charge in [-0.1, -0.05) is 31.0 Å². The van der Waals surface area contributed by atoms with Crippen molar-refractivity contribution in [1.29, 1.82) is 0 Å². The first-order valence-electron chi connectivity index (χ1n) is 10.3. The number of Topliss-reactive ketones (excluding diaryl/α,β-unsaturated/α-hetero) is 1. The van der Waals surface area contributed by atoms with Crippen LogP contribution in [0.25, 0.3) is 0 Å². The Bertz CT molecular complexity index is 947. The molecule has 0 radical (unpaired) electrons. The third-order valence-corrected chi connectivity index (χ3v) is 6.91. The summed E-state index contributed by atoms with van der Waals surface area (Å²) in [4.78, 5) is 29.4. The molecule has 7 heteroatoms. The fourth-order valence-electron chi connectivity index (χ4n) is 4.13. The summed E-state index contributed by atoms with van der Waals surface area (Å²) in [6.07, 6.45) is 6.17. The predicted molar refractivity (Wildman–Crippen MR) is 114 cm³/mol. The summed E-state index contributed by atoms with van der Waals surface area (Å²) >= 11 is 1.52. The topological polar surface area (TPSA) is 73.2 Å². The molecule has 154 valence electrons. The first-order valence-corrected chi connectivity index (χ1v) is 11.1. The number of fused-ring (bicyclic) bond motifs is 1. The summed E-state index contributed by atoms with van der Waals surface area (Å²) in [5, 5.41) is 3.42. The van der Waals surface area contributed by atoms with Crippen LogP contribution in [0.5, 0.6) is 5.75 Å². The van der Waals surface area contributed by atoms with Crippen molar-refractivity contribution in [1.82, 2.24) is 9.55 Å². The normalized spacial score (nSPS) is 18.0. The van der Waals surface area contributed by atoms with Crippen molar-refractivity contribution in [3.05, 3.63) is 35.2 Å². The lowest BCUT2D eigenvalue weighted by molar-refractivity contribution is -0.118. The van der Waals surface area contributed by atoms with Gasteiger partial charge < -0.3 is 14.6 Å². The lowest BCUT2D eigenvalue weighted by Gasteiger charge is -2.26. The zero-order valence-electron chi connectivity index (χ0n) is 17.2. The lowest BCUT2D eigenvalue weighted by atomic mass is 9.95. The Balaban J connectivity index is 1.54. The molecular formula is C22H27N3O3S. The van der Waals surface area contributed by atoms with Crippen LogP contribution in [0.4, 0.5) is 5.69 Å². The number of nitrogens with one attached hydrogen (secondary N) is 1. The van der Waals surface area contributed by atoms with E-state index in [4.69, 9.17) is 9.72 Å². The second kappa shape index (κ2) is 8.22. The summed E-state index contributed by atoms with van der Waals surface area (Å²) in [5.74, 6) is 0.414. The highest BCUT2D eigenvalue weighted by atomic mass is 32.2. The van der Waals surface area contributed by atoms with Crippen molar-refractivity contribution in [3.8, 4) is 5.75 Å². The number of amides is 1. The van der Waals surface area contributed by atoms with Gasteiger partial charge in [-0.2, -0.15) is 0 Å². The van der Waals surface area contributed by atoms with E-state index in [1.165, 1.54) is 49.6 Å². The minimum absolute atomic E-state index is 0.00900. The smallest absolute Gasteiger partial charge is 0.262 e. The minimum atomic E-state index is -0.281. The van der Waals surface area contributed by atoms with Crippen LogP contribution < -0.4 is 10.1 Å². The molecule has 2 heterocycles. The van der Waals surface area contributed by atoms with E-state index in [1.54, 1.807) is 18.2 Å². The largest absolute Gasteiger partial charge is 0.482 e. The molecule has 1 fully saturated rings. The Morgan fingerprint density at radius 3 is 2.79 bits per heavy atom. The van der Waals surface area contributed by atoms with E-state index >= 15 is 0 Å². The number of thioether (sulfide) groups is 1. The number of ether oxygens (including phenoxy) is 1. The van der Waals surface area contributed by atoms with Gasteiger partial charge in [0.05, 0.1) is 16.6 Å². The maximum atomic E-state index is 13.1. The van der Waals surface area contributed by atoms with Crippen LogP contribution in [0.15, 0.2) is 23.4 Å². The van der Waals surface area contributed by atoms with Crippen molar-refractivity contribution < 1.29 is 14.3 Å². The van der Waals surface area contributed by atoms with Gasteiger partial charge in [-0.05, 0) is 51.8 Å². The number of rotatable bonds is 5. The monoisotopic (exact) mass is 413 g/mol. The van der Waals surface area contributed by atoms with Gasteiger partial charge in [-0.25, -0.2) is 4.98 Å². The van der Waals surface area contributed by atoms with Gasteiger partial charge >= 0.3 is 0 Å². The van der Waals surface area contributed by atoms with E-state index < -0.39 is 0 Å². The van der Waals surface area contributed by atoms with Crippen molar-refractivity contribution in [2.24, 2.45) is 0 Å². The van der Waals surface area contributed by atoms with Crippen LogP contribution in [0.3, 0.4) is 0 Å². The average molecular weight is 414 g/mol. The second-order valence-corrected chi connectivity index (χ2v) is 9.21. The van der Waals surface area contributed by atoms with Gasteiger partial charge in [0.15, 0.2) is 17.5 Å². The molecule has 1 aliphatic carbocycles. The molecular weight excluding hydrogens is 386 g/mol. The SMILES string of the molecule is Cc1nc(SC(C)C(=O)c2ccc3c(c2)NC(=O)CO3)n(C2CCCCC2)c1C. The van der Waals surface area contributed by atoms with Crippen molar-refractivity contribution in [2.75, 3.05) is 11.9 Å². The Morgan fingerprint density at radius 2 is 2.03 bits per heavy atom. The molecule has 29 heavy (non-hydrogen) atoms. The van der Waals surface area contributed by atoms with Crippen LogP contribution in [0.2, 0.25) is 0 Å². The first kappa shape index (κ1) is 20.0. The number of anilines is 1. The van der Waals surface area contributed by atoms with Crippen LogP contribution >= 0.6 is 11.8 Å². The molecule has 1 aromatic carbocycles. The van der Waals surface area contributed by atoms with E-state index in [9.17, 15) is 9.59 Å². The van der Waals surface area contributed by atoms with E-state index in [1.807, 2.05) is 13.8 Å². The molecule has 2 aromatic rings. The van der Waals surface area contributed by atoms with Crippen molar-refractivity contribution >= 4 is 29.1 Å². The number of benzene rings is 1. The number of nitrogens with zero attached hydrogens (tertiary/aromatic N) is 2. The van der Waals surface area contributed by atoms with Crippen LogP contribution in [0, 0.1) is 13.8 Å². The fraction of sp³-hybridized carbons (Fsp3) is 0.500. The second-order valence-electron chi connectivity index (χ2n) is 7.90. The van der Waals surface area contributed by atoms with E-state index in [-0.39, 0.29) is 23.5 Å². The third kappa shape index (κ3) is 4.06. The van der Waals surface area contributed by atoms with Gasteiger partial charge in [-0.15, -0.1) is 0 Å². The Hall–Kier alpha value is -2.28. The van der Waals surface area contributed by atoms with Gasteiger partial charge in [0, 0.05) is 17.3 Å². The number of aromatic nitrogens is 2. The molecule has 0 spiro atoms. The molecule has 6 nitrogen and oxygen atoms in total. The van der Waals surface area contributed by atoms with Crippen LogP contribution in [0.1, 0.15) is 66.8 Å². The molecule has 2 aliphatic rings. The van der Waals surface area contributed by atoms with Gasteiger partial charge in [-0.3, -0.25) is 9.59 Å². The quantitative estimate of drug-likeness (QED) is 0.568. The van der Waals surface area contributed by atoms with E-state index in [0.29, 0.717) is 23.0 Å². The lowest BCUT2D eigenvalue weighted by Crippen LogP contribution is -2.26. The van der Waals surface area contributed by atoms with Crippen LogP contribution in [-0.2, 0) is 4.79 Å². The minimum Gasteiger partial charge on any atom is -0.482 e. The molecule has 1 aliphatic heterocycles. The number of carbonyl (C=O) groups is 2. The van der Waals surface area contributed by atoms with E-state index in [0.717, 1.165) is 10.9 Å². The molecule has 1 aromatic heterocycles. The van der Waals surface area contributed by atoms with Gasteiger partial charge in [0.25, 0.3) is 5.91 Å². The first-order chi connectivity index (χ1) is 13.9. The number of ketones is 1. The molecule has 1 unspecified atom stereocenters. The maximum absolute atomic E-state index is 13.1. The zero-order chi connectivity index (χ0) is 20.5. The van der Waals surface area contributed by atoms with E-state index in [2.05, 4.69) is 16.8 Å². The highest BCUT2D eigenvalue weighted by Gasteiger charge is 2.26. The molecule has 1 amide bonds. The Labute approximate surface area is 175 Å². The fourth-order valence-corrected chi connectivity index (χ4v) is 5.28. The summed E-state index contributed by atoms with van der Waals surface area (Å²) in [6.45, 7) is 6.10. The van der Waals surface area contributed by atoms with Gasteiger partial charge in [0.2, 0.25) is 0 Å². The number of aryl methyl sites for hydroxylation is 1. The molecule has 1 atom stereocenters. The summed E-state index contributed by atoms with van der Waals surface area (Å²) in [7, 11) is 0. The highest BCUT2D eigenvalue weighted by molar-refractivity contribution is 8.00. The molecule has 4 rings (SSSR count). The summed E-state index contributed by atoms with van der Waals surface area (Å²) in [6, 6.07) is 5.69. The Morgan fingerprint density at radius 1 is 1.28 bits per heavy atom. The predicted octanol–water partition coefficient (Wildman–Crippen LogP) is 4.70. The highest BCUT2D eigenvalue weighted by Crippen LogP contribution is 2.36. The Kier molecular flexibility index (Phi) is 5.67. The number of hydrogen-bond donors (Lipinski definition) is 1. The maximum Gasteiger partial charge on any atom is 0.262 e. The molecule has 1 N–H and O–H groups in total. The zero-order valence-corrected chi connectivity index (χ0v) is 18.0. The molecule has 0 saturated heterocycles. The molecule has 0 bridgehead atoms. The average Bonchev–Trinajstić information content (AvgIpc) is 3.00. The number of carbonyl (C=O) groups excluding carboxylic acids is 2.